The molecule has 0 aliphatic rings. The van der Waals surface area contributed by atoms with Crippen molar-refractivity contribution in [3.05, 3.63) is 46.7 Å². The number of ether oxygens (including phenoxy) is 1. The summed E-state index contributed by atoms with van der Waals surface area (Å²) in [6.45, 7) is 1.80. The van der Waals surface area contributed by atoms with Crippen molar-refractivity contribution in [3.63, 3.8) is 0 Å². The SMILES string of the molecule is CCOC(=O)c1nn(-c2cccc(F)c2F)cc1Cl. The van der Waals surface area contributed by atoms with E-state index in [1.165, 1.54) is 18.3 Å². The standard InChI is InChI=1S/C12H9ClF2N2O2/c1-2-19-12(18)11-7(13)6-17(16-11)9-5-3-4-8(14)10(9)15/h3-6H,2H2,1H3. The number of benzene rings is 1. The van der Waals surface area contributed by atoms with E-state index in [2.05, 4.69) is 5.10 Å². The summed E-state index contributed by atoms with van der Waals surface area (Å²) in [6.07, 6.45) is 1.21. The van der Waals surface area contributed by atoms with Crippen LogP contribution >= 0.6 is 11.6 Å². The van der Waals surface area contributed by atoms with Crippen molar-refractivity contribution in [2.24, 2.45) is 0 Å². The summed E-state index contributed by atoms with van der Waals surface area (Å²) in [5.74, 6) is -2.80. The quantitative estimate of drug-likeness (QED) is 0.815. The van der Waals surface area contributed by atoms with Crippen LogP contribution in [0, 0.1) is 11.6 Å². The number of hydrogen-bond acceptors (Lipinski definition) is 3. The van der Waals surface area contributed by atoms with Crippen molar-refractivity contribution < 1.29 is 18.3 Å². The average Bonchev–Trinajstić information content (AvgIpc) is 2.75. The first-order valence-corrected chi connectivity index (χ1v) is 5.79. The van der Waals surface area contributed by atoms with E-state index in [-0.39, 0.29) is 23.0 Å². The Bertz CT molecular complexity index is 628. The molecule has 4 nitrogen and oxygen atoms in total. The molecule has 0 atom stereocenters. The lowest BCUT2D eigenvalue weighted by molar-refractivity contribution is 0.0519. The molecule has 0 aliphatic carbocycles. The van der Waals surface area contributed by atoms with Crippen LogP contribution in [-0.2, 0) is 4.74 Å². The Labute approximate surface area is 112 Å². The third kappa shape index (κ3) is 2.58. The fourth-order valence-electron chi connectivity index (χ4n) is 1.48. The summed E-state index contributed by atoms with van der Waals surface area (Å²) < 4.78 is 32.4. The van der Waals surface area contributed by atoms with Crippen molar-refractivity contribution >= 4 is 17.6 Å². The first-order chi connectivity index (χ1) is 9.04. The first-order valence-electron chi connectivity index (χ1n) is 5.41. The summed E-state index contributed by atoms with van der Waals surface area (Å²) in [4.78, 5) is 11.5. The van der Waals surface area contributed by atoms with Gasteiger partial charge >= 0.3 is 5.97 Å². The number of hydrogen-bond donors (Lipinski definition) is 0. The van der Waals surface area contributed by atoms with Gasteiger partial charge in [-0.2, -0.15) is 5.10 Å². The van der Waals surface area contributed by atoms with Crippen molar-refractivity contribution in [1.82, 2.24) is 9.78 Å². The van der Waals surface area contributed by atoms with Gasteiger partial charge in [0.25, 0.3) is 0 Å². The van der Waals surface area contributed by atoms with E-state index in [9.17, 15) is 13.6 Å². The van der Waals surface area contributed by atoms with E-state index in [1.807, 2.05) is 0 Å². The highest BCUT2D eigenvalue weighted by Gasteiger charge is 2.19. The molecule has 0 aliphatic heterocycles. The molecule has 1 heterocycles. The van der Waals surface area contributed by atoms with Gasteiger partial charge in [-0.05, 0) is 19.1 Å². The molecule has 0 fully saturated rings. The van der Waals surface area contributed by atoms with Crippen molar-refractivity contribution in [2.45, 2.75) is 6.92 Å². The molecule has 0 N–H and O–H groups in total. The van der Waals surface area contributed by atoms with Crippen molar-refractivity contribution in [3.8, 4) is 5.69 Å². The third-order valence-electron chi connectivity index (χ3n) is 2.32. The smallest absolute Gasteiger partial charge is 0.360 e. The normalized spacial score (nSPS) is 10.5. The van der Waals surface area contributed by atoms with Gasteiger partial charge in [0.15, 0.2) is 17.3 Å². The van der Waals surface area contributed by atoms with Crippen LogP contribution in [0.1, 0.15) is 17.4 Å². The lowest BCUT2D eigenvalue weighted by atomic mass is 10.3. The molecular formula is C12H9ClF2N2O2. The van der Waals surface area contributed by atoms with Gasteiger partial charge in [0.2, 0.25) is 0 Å². The zero-order valence-corrected chi connectivity index (χ0v) is 10.6. The molecule has 19 heavy (non-hydrogen) atoms. The molecule has 0 saturated carbocycles. The van der Waals surface area contributed by atoms with Gasteiger partial charge in [-0.15, -0.1) is 0 Å². The molecular weight excluding hydrogens is 278 g/mol. The van der Waals surface area contributed by atoms with Gasteiger partial charge in [-0.3, -0.25) is 0 Å². The van der Waals surface area contributed by atoms with E-state index >= 15 is 0 Å². The van der Waals surface area contributed by atoms with Crippen LogP contribution in [0.15, 0.2) is 24.4 Å². The maximum absolute atomic E-state index is 13.6. The second kappa shape index (κ2) is 5.36. The Hall–Kier alpha value is -1.95. The first kappa shape index (κ1) is 13.5. The van der Waals surface area contributed by atoms with Crippen LogP contribution in [0.2, 0.25) is 5.02 Å². The maximum atomic E-state index is 13.6. The second-order valence-corrected chi connectivity index (χ2v) is 3.97. The summed E-state index contributed by atoms with van der Waals surface area (Å²) in [7, 11) is 0. The molecule has 2 aromatic rings. The molecule has 1 aromatic heterocycles. The minimum absolute atomic E-state index is 0.00195. The number of carbonyl (C=O) groups excluding carboxylic acids is 1. The lowest BCUT2D eigenvalue weighted by Gasteiger charge is -2.03. The molecule has 1 aromatic carbocycles. The van der Waals surface area contributed by atoms with Gasteiger partial charge in [0.1, 0.15) is 5.69 Å². The van der Waals surface area contributed by atoms with Crippen LogP contribution in [0.5, 0.6) is 0 Å². The third-order valence-corrected chi connectivity index (χ3v) is 2.59. The summed E-state index contributed by atoms with van der Waals surface area (Å²) in [5, 5.41) is 3.81. The fraction of sp³-hybridized carbons (Fsp3) is 0.167. The molecule has 0 spiro atoms. The van der Waals surface area contributed by atoms with Crippen LogP contribution in [0.3, 0.4) is 0 Å². The molecule has 0 radical (unpaired) electrons. The Balaban J connectivity index is 2.45. The van der Waals surface area contributed by atoms with Gasteiger partial charge in [0.05, 0.1) is 17.8 Å². The predicted molar refractivity (Wildman–Crippen MR) is 64.4 cm³/mol. The largest absolute Gasteiger partial charge is 0.461 e. The van der Waals surface area contributed by atoms with Gasteiger partial charge in [-0.1, -0.05) is 17.7 Å². The predicted octanol–water partition coefficient (Wildman–Crippen LogP) is 2.98. The van der Waals surface area contributed by atoms with Crippen LogP contribution in [0.4, 0.5) is 8.78 Å². The summed E-state index contributed by atoms with van der Waals surface area (Å²) in [6, 6.07) is 3.63. The topological polar surface area (TPSA) is 44.1 Å². The molecule has 0 unspecified atom stereocenters. The zero-order valence-electron chi connectivity index (χ0n) is 9.86. The number of rotatable bonds is 3. The second-order valence-electron chi connectivity index (χ2n) is 3.56. The molecule has 0 saturated heterocycles. The highest BCUT2D eigenvalue weighted by molar-refractivity contribution is 6.33. The van der Waals surface area contributed by atoms with E-state index in [0.29, 0.717) is 0 Å². The summed E-state index contributed by atoms with van der Waals surface area (Å²) >= 11 is 5.82. The van der Waals surface area contributed by atoms with E-state index in [4.69, 9.17) is 16.3 Å². The van der Waals surface area contributed by atoms with E-state index in [0.717, 1.165) is 10.7 Å². The monoisotopic (exact) mass is 286 g/mol. The van der Waals surface area contributed by atoms with Crippen molar-refractivity contribution in [1.29, 1.82) is 0 Å². The molecule has 0 amide bonds. The molecule has 0 bridgehead atoms. The number of carbonyl (C=O) groups is 1. The highest BCUT2D eigenvalue weighted by Crippen LogP contribution is 2.21. The number of nitrogens with zero attached hydrogens (tertiary/aromatic N) is 2. The van der Waals surface area contributed by atoms with Crippen molar-refractivity contribution in [2.75, 3.05) is 6.61 Å². The Kier molecular flexibility index (Phi) is 3.80. The molecule has 7 heteroatoms. The number of esters is 1. The number of halogens is 3. The minimum atomic E-state index is -1.07. The van der Waals surface area contributed by atoms with Gasteiger partial charge in [-0.25, -0.2) is 18.3 Å². The van der Waals surface area contributed by atoms with E-state index < -0.39 is 17.6 Å². The Morgan fingerprint density at radius 1 is 1.47 bits per heavy atom. The number of aromatic nitrogens is 2. The van der Waals surface area contributed by atoms with Crippen LogP contribution in [-0.4, -0.2) is 22.4 Å². The summed E-state index contributed by atoms with van der Waals surface area (Å²) in [5.41, 5.74) is -0.287. The van der Waals surface area contributed by atoms with Crippen LogP contribution < -0.4 is 0 Å². The minimum Gasteiger partial charge on any atom is -0.461 e. The lowest BCUT2D eigenvalue weighted by Crippen LogP contribution is -2.08. The zero-order chi connectivity index (χ0) is 14.0. The molecule has 2 rings (SSSR count). The van der Waals surface area contributed by atoms with Gasteiger partial charge in [0, 0.05) is 0 Å². The van der Waals surface area contributed by atoms with Gasteiger partial charge < -0.3 is 4.74 Å². The average molecular weight is 287 g/mol. The Morgan fingerprint density at radius 2 is 2.21 bits per heavy atom. The molecule has 100 valence electrons. The maximum Gasteiger partial charge on any atom is 0.360 e. The van der Waals surface area contributed by atoms with E-state index in [1.54, 1.807) is 6.92 Å². The van der Waals surface area contributed by atoms with Crippen LogP contribution in [0.25, 0.3) is 5.69 Å². The Morgan fingerprint density at radius 3 is 2.89 bits per heavy atom. The fourth-order valence-corrected chi connectivity index (χ4v) is 1.69. The highest BCUT2D eigenvalue weighted by atomic mass is 35.5.